The van der Waals surface area contributed by atoms with Crippen LogP contribution < -0.4 is 10.5 Å². The van der Waals surface area contributed by atoms with Crippen LogP contribution in [0, 0.1) is 16.0 Å². The van der Waals surface area contributed by atoms with Gasteiger partial charge in [0, 0.05) is 19.1 Å². The van der Waals surface area contributed by atoms with Crippen molar-refractivity contribution >= 4 is 15.7 Å². The van der Waals surface area contributed by atoms with Crippen molar-refractivity contribution in [1.82, 2.24) is 4.31 Å². The first-order chi connectivity index (χ1) is 10.8. The van der Waals surface area contributed by atoms with Gasteiger partial charge >= 0.3 is 0 Å². The van der Waals surface area contributed by atoms with E-state index in [-0.39, 0.29) is 23.2 Å². The molecule has 2 unspecified atom stereocenters. The van der Waals surface area contributed by atoms with Gasteiger partial charge in [0.05, 0.1) is 18.1 Å². The molecule has 9 heteroatoms. The Bertz CT molecular complexity index is 692. The largest absolute Gasteiger partial charge is 0.497 e. The number of nitrogens with zero attached hydrogens (tertiary/aromatic N) is 2. The molecule has 23 heavy (non-hydrogen) atoms. The highest BCUT2D eigenvalue weighted by atomic mass is 32.2. The SMILES string of the molecule is COc1ccc(S(=O)(=O)N2CCC(C)CC2CN)c([N+](=O)[O-])c1. The lowest BCUT2D eigenvalue weighted by Gasteiger charge is -2.36. The number of nitro benzene ring substituents is 1. The van der Waals surface area contributed by atoms with E-state index in [9.17, 15) is 18.5 Å². The summed E-state index contributed by atoms with van der Waals surface area (Å²) in [6.07, 6.45) is 1.36. The predicted octanol–water partition coefficient (Wildman–Crippen LogP) is 1.35. The first-order valence-corrected chi connectivity index (χ1v) is 8.79. The first kappa shape index (κ1) is 17.6. The zero-order valence-corrected chi connectivity index (χ0v) is 14.0. The van der Waals surface area contributed by atoms with Gasteiger partial charge in [0.25, 0.3) is 5.69 Å². The normalized spacial score (nSPS) is 22.7. The van der Waals surface area contributed by atoms with Crippen LogP contribution in [0.5, 0.6) is 5.75 Å². The van der Waals surface area contributed by atoms with Gasteiger partial charge in [0.1, 0.15) is 5.75 Å². The molecule has 0 saturated carbocycles. The van der Waals surface area contributed by atoms with Gasteiger partial charge in [-0.1, -0.05) is 6.92 Å². The topological polar surface area (TPSA) is 116 Å². The second kappa shape index (κ2) is 6.81. The third-order valence-electron chi connectivity index (χ3n) is 4.15. The standard InChI is InChI=1S/C14H21N3O5S/c1-10-5-6-16(11(7-10)9-15)23(20,21)14-4-3-12(22-2)8-13(14)17(18)19/h3-4,8,10-11H,5-7,9,15H2,1-2H3. The van der Waals surface area contributed by atoms with Gasteiger partial charge in [-0.2, -0.15) is 4.31 Å². The fraction of sp³-hybridized carbons (Fsp3) is 0.571. The van der Waals surface area contributed by atoms with Crippen LogP contribution in [0.1, 0.15) is 19.8 Å². The summed E-state index contributed by atoms with van der Waals surface area (Å²) in [5.74, 6) is 0.610. The second-order valence-corrected chi connectivity index (χ2v) is 7.58. The molecule has 0 bridgehead atoms. The molecule has 8 nitrogen and oxygen atoms in total. The van der Waals surface area contributed by atoms with Gasteiger partial charge in [-0.15, -0.1) is 0 Å². The summed E-state index contributed by atoms with van der Waals surface area (Å²) in [5, 5.41) is 11.3. The van der Waals surface area contributed by atoms with Gasteiger partial charge in [0.2, 0.25) is 10.0 Å². The van der Waals surface area contributed by atoms with Crippen molar-refractivity contribution in [2.75, 3.05) is 20.2 Å². The number of sulfonamides is 1. The van der Waals surface area contributed by atoms with Crippen LogP contribution in [0.2, 0.25) is 0 Å². The third kappa shape index (κ3) is 3.46. The van der Waals surface area contributed by atoms with Crippen molar-refractivity contribution in [3.05, 3.63) is 28.3 Å². The monoisotopic (exact) mass is 343 g/mol. The Morgan fingerprint density at radius 3 is 2.74 bits per heavy atom. The Kier molecular flexibility index (Phi) is 5.23. The number of benzene rings is 1. The van der Waals surface area contributed by atoms with E-state index >= 15 is 0 Å². The molecule has 1 aromatic rings. The molecule has 1 aliphatic rings. The molecule has 0 spiro atoms. The minimum Gasteiger partial charge on any atom is -0.497 e. The first-order valence-electron chi connectivity index (χ1n) is 7.35. The van der Waals surface area contributed by atoms with Gasteiger partial charge < -0.3 is 10.5 Å². The Balaban J connectivity index is 2.49. The van der Waals surface area contributed by atoms with E-state index in [4.69, 9.17) is 10.5 Å². The molecule has 2 rings (SSSR count). The third-order valence-corrected chi connectivity index (χ3v) is 6.14. The molecule has 2 N–H and O–H groups in total. The number of nitro groups is 1. The number of nitrogens with two attached hydrogens (primary N) is 1. The Morgan fingerprint density at radius 2 is 2.17 bits per heavy atom. The van der Waals surface area contributed by atoms with E-state index in [0.29, 0.717) is 25.3 Å². The van der Waals surface area contributed by atoms with Crippen LogP contribution in [0.25, 0.3) is 0 Å². The molecule has 0 radical (unpaired) electrons. The van der Waals surface area contributed by atoms with Crippen LogP contribution in [0.15, 0.2) is 23.1 Å². The minimum atomic E-state index is -3.99. The molecule has 1 fully saturated rings. The molecule has 0 aliphatic carbocycles. The maximum Gasteiger partial charge on any atom is 0.293 e. The number of piperidine rings is 1. The maximum atomic E-state index is 12.9. The highest BCUT2D eigenvalue weighted by molar-refractivity contribution is 7.89. The average Bonchev–Trinajstić information content (AvgIpc) is 2.53. The average molecular weight is 343 g/mol. The molecule has 1 saturated heterocycles. The van der Waals surface area contributed by atoms with Crippen molar-refractivity contribution in [1.29, 1.82) is 0 Å². The number of hydrogen-bond donors (Lipinski definition) is 1. The zero-order chi connectivity index (χ0) is 17.2. The van der Waals surface area contributed by atoms with Crippen LogP contribution in [0.3, 0.4) is 0 Å². The predicted molar refractivity (Wildman–Crippen MR) is 84.8 cm³/mol. The van der Waals surface area contributed by atoms with Crippen molar-refractivity contribution in [3.63, 3.8) is 0 Å². The lowest BCUT2D eigenvalue weighted by molar-refractivity contribution is -0.387. The van der Waals surface area contributed by atoms with Gasteiger partial charge in [-0.25, -0.2) is 8.42 Å². The Hall–Kier alpha value is -1.71. The fourth-order valence-corrected chi connectivity index (χ4v) is 4.67. The quantitative estimate of drug-likeness (QED) is 0.637. The number of hydrogen-bond acceptors (Lipinski definition) is 6. The van der Waals surface area contributed by atoms with Crippen LogP contribution >= 0.6 is 0 Å². The Morgan fingerprint density at radius 1 is 1.48 bits per heavy atom. The highest BCUT2D eigenvalue weighted by Gasteiger charge is 2.38. The van der Waals surface area contributed by atoms with Crippen molar-refractivity contribution < 1.29 is 18.1 Å². The van der Waals surface area contributed by atoms with E-state index in [0.717, 1.165) is 6.07 Å². The molecule has 2 atom stereocenters. The summed E-state index contributed by atoms with van der Waals surface area (Å²) in [6, 6.07) is 3.41. The molecule has 0 amide bonds. The van der Waals surface area contributed by atoms with E-state index < -0.39 is 20.6 Å². The summed E-state index contributed by atoms with van der Waals surface area (Å²) < 4.78 is 32.1. The summed E-state index contributed by atoms with van der Waals surface area (Å²) in [6.45, 7) is 2.55. The molecular weight excluding hydrogens is 322 g/mol. The van der Waals surface area contributed by atoms with Crippen molar-refractivity contribution in [2.45, 2.75) is 30.7 Å². The van der Waals surface area contributed by atoms with Crippen LogP contribution in [0.4, 0.5) is 5.69 Å². The zero-order valence-electron chi connectivity index (χ0n) is 13.1. The summed E-state index contributed by atoms with van der Waals surface area (Å²) in [5.41, 5.74) is 5.23. The maximum absolute atomic E-state index is 12.9. The summed E-state index contributed by atoms with van der Waals surface area (Å²) >= 11 is 0. The smallest absolute Gasteiger partial charge is 0.293 e. The summed E-state index contributed by atoms with van der Waals surface area (Å²) in [7, 11) is -2.63. The molecule has 1 aliphatic heterocycles. The Labute approximate surface area is 135 Å². The summed E-state index contributed by atoms with van der Waals surface area (Å²) in [4.78, 5) is 10.2. The lowest BCUT2D eigenvalue weighted by atomic mass is 9.94. The molecule has 128 valence electrons. The molecule has 1 heterocycles. The number of methoxy groups -OCH3 is 1. The highest BCUT2D eigenvalue weighted by Crippen LogP contribution is 2.34. The van der Waals surface area contributed by atoms with E-state index in [2.05, 4.69) is 0 Å². The molecule has 0 aromatic heterocycles. The number of rotatable bonds is 5. The van der Waals surface area contributed by atoms with Gasteiger partial charge in [-0.05, 0) is 30.9 Å². The lowest BCUT2D eigenvalue weighted by Crippen LogP contribution is -2.49. The van der Waals surface area contributed by atoms with E-state index in [1.807, 2.05) is 6.92 Å². The van der Waals surface area contributed by atoms with E-state index in [1.54, 1.807) is 0 Å². The van der Waals surface area contributed by atoms with Gasteiger partial charge in [-0.3, -0.25) is 10.1 Å². The van der Waals surface area contributed by atoms with E-state index in [1.165, 1.54) is 23.5 Å². The second-order valence-electron chi connectivity index (χ2n) is 5.73. The van der Waals surface area contributed by atoms with Crippen molar-refractivity contribution in [3.8, 4) is 5.75 Å². The van der Waals surface area contributed by atoms with Crippen molar-refractivity contribution in [2.24, 2.45) is 11.7 Å². The number of ether oxygens (including phenoxy) is 1. The fourth-order valence-electron chi connectivity index (χ4n) is 2.87. The molecular formula is C14H21N3O5S. The van der Waals surface area contributed by atoms with Crippen LogP contribution in [-0.2, 0) is 10.0 Å². The molecule has 1 aromatic carbocycles. The minimum absolute atomic E-state index is 0.188. The van der Waals surface area contributed by atoms with Crippen LogP contribution in [-0.4, -0.2) is 43.9 Å². The van der Waals surface area contributed by atoms with Gasteiger partial charge in [0.15, 0.2) is 4.90 Å².